The standard InChI is InChI=1S/C22H25FN2O3S/c23-19-11-8-16(14-20(19)29(27,28)25-18-9-10-18)21(26)24-15-22(12-4-5-13-22)17-6-2-1-3-7-17/h1-3,6-8,11,14,18,25H,4-5,9-10,12-13,15H2,(H,24,26). The van der Waals surface area contributed by atoms with Crippen LogP contribution in [0.5, 0.6) is 0 Å². The summed E-state index contributed by atoms with van der Waals surface area (Å²) in [7, 11) is -3.97. The maximum atomic E-state index is 14.2. The second kappa shape index (κ2) is 7.88. The first-order valence-electron chi connectivity index (χ1n) is 10.1. The van der Waals surface area contributed by atoms with Crippen molar-refractivity contribution in [1.29, 1.82) is 0 Å². The summed E-state index contributed by atoms with van der Waals surface area (Å²) >= 11 is 0. The summed E-state index contributed by atoms with van der Waals surface area (Å²) in [5.41, 5.74) is 1.23. The highest BCUT2D eigenvalue weighted by molar-refractivity contribution is 7.89. The van der Waals surface area contributed by atoms with Gasteiger partial charge in [0.25, 0.3) is 5.91 Å². The molecule has 0 unspecified atom stereocenters. The van der Waals surface area contributed by atoms with Crippen molar-refractivity contribution >= 4 is 15.9 Å². The second-order valence-corrected chi connectivity index (χ2v) is 9.76. The highest BCUT2D eigenvalue weighted by Crippen LogP contribution is 2.40. The number of carbonyl (C=O) groups excluding carboxylic acids is 1. The molecular weight excluding hydrogens is 391 g/mol. The molecule has 0 spiro atoms. The van der Waals surface area contributed by atoms with E-state index in [1.807, 2.05) is 18.2 Å². The molecule has 4 rings (SSSR count). The third kappa shape index (κ3) is 4.36. The van der Waals surface area contributed by atoms with Crippen LogP contribution >= 0.6 is 0 Å². The molecule has 7 heteroatoms. The molecule has 2 aliphatic carbocycles. The van der Waals surface area contributed by atoms with E-state index in [2.05, 4.69) is 22.2 Å². The molecule has 2 saturated carbocycles. The van der Waals surface area contributed by atoms with Gasteiger partial charge in [0.15, 0.2) is 0 Å². The molecule has 0 bridgehead atoms. The number of hydrogen-bond donors (Lipinski definition) is 2. The molecule has 0 saturated heterocycles. The number of halogens is 1. The van der Waals surface area contributed by atoms with Gasteiger partial charge in [0.2, 0.25) is 10.0 Å². The number of nitrogens with one attached hydrogen (secondary N) is 2. The third-order valence-electron chi connectivity index (χ3n) is 5.92. The molecule has 0 aliphatic heterocycles. The van der Waals surface area contributed by atoms with E-state index in [-0.39, 0.29) is 17.0 Å². The van der Waals surface area contributed by atoms with Crippen molar-refractivity contribution in [3.05, 3.63) is 65.5 Å². The van der Waals surface area contributed by atoms with Crippen LogP contribution in [0.3, 0.4) is 0 Å². The minimum Gasteiger partial charge on any atom is -0.351 e. The molecule has 2 aromatic carbocycles. The Morgan fingerprint density at radius 3 is 2.41 bits per heavy atom. The molecule has 2 aliphatic rings. The van der Waals surface area contributed by atoms with Gasteiger partial charge in [-0.1, -0.05) is 43.2 Å². The molecule has 2 fully saturated rings. The van der Waals surface area contributed by atoms with E-state index in [4.69, 9.17) is 0 Å². The smallest absolute Gasteiger partial charge is 0.251 e. The molecule has 154 valence electrons. The monoisotopic (exact) mass is 416 g/mol. The number of amides is 1. The first kappa shape index (κ1) is 20.0. The van der Waals surface area contributed by atoms with Gasteiger partial charge < -0.3 is 5.32 Å². The summed E-state index contributed by atoms with van der Waals surface area (Å²) in [5.74, 6) is -1.25. The first-order chi connectivity index (χ1) is 13.9. The van der Waals surface area contributed by atoms with Gasteiger partial charge in [-0.15, -0.1) is 0 Å². The minimum atomic E-state index is -3.97. The molecule has 29 heavy (non-hydrogen) atoms. The van der Waals surface area contributed by atoms with Crippen LogP contribution in [0.25, 0.3) is 0 Å². The normalized spacial score (nSPS) is 18.5. The van der Waals surface area contributed by atoms with E-state index in [0.717, 1.165) is 50.7 Å². The lowest BCUT2D eigenvalue weighted by Crippen LogP contribution is -2.39. The summed E-state index contributed by atoms with van der Waals surface area (Å²) in [4.78, 5) is 12.3. The van der Waals surface area contributed by atoms with Crippen LogP contribution in [0.4, 0.5) is 4.39 Å². The zero-order valence-electron chi connectivity index (χ0n) is 16.2. The van der Waals surface area contributed by atoms with Gasteiger partial charge in [-0.05, 0) is 49.4 Å². The fourth-order valence-electron chi connectivity index (χ4n) is 4.10. The van der Waals surface area contributed by atoms with Crippen LogP contribution in [0, 0.1) is 5.82 Å². The fraction of sp³-hybridized carbons (Fsp3) is 0.409. The number of rotatable bonds is 7. The summed E-state index contributed by atoms with van der Waals surface area (Å²) in [5, 5.41) is 2.95. The van der Waals surface area contributed by atoms with E-state index >= 15 is 0 Å². The minimum absolute atomic E-state index is 0.112. The lowest BCUT2D eigenvalue weighted by atomic mass is 9.79. The Labute approximate surface area is 170 Å². The van der Waals surface area contributed by atoms with Crippen molar-refractivity contribution in [3.63, 3.8) is 0 Å². The summed E-state index contributed by atoms with van der Waals surface area (Å²) in [6.07, 6.45) is 5.70. The topological polar surface area (TPSA) is 75.3 Å². The Morgan fingerprint density at radius 2 is 1.76 bits per heavy atom. The number of benzene rings is 2. The Balaban J connectivity index is 1.52. The molecule has 2 aromatic rings. The van der Waals surface area contributed by atoms with Crippen LogP contribution < -0.4 is 10.0 Å². The molecule has 2 N–H and O–H groups in total. The Morgan fingerprint density at radius 1 is 1.07 bits per heavy atom. The lowest BCUT2D eigenvalue weighted by molar-refractivity contribution is 0.0943. The highest BCUT2D eigenvalue weighted by Gasteiger charge is 2.36. The number of hydrogen-bond acceptors (Lipinski definition) is 3. The van der Waals surface area contributed by atoms with Gasteiger partial charge in [0, 0.05) is 23.6 Å². The third-order valence-corrected chi connectivity index (χ3v) is 7.45. The zero-order valence-corrected chi connectivity index (χ0v) is 17.0. The van der Waals surface area contributed by atoms with Gasteiger partial charge in [0.1, 0.15) is 10.7 Å². The maximum Gasteiger partial charge on any atom is 0.251 e. The molecule has 0 heterocycles. The van der Waals surface area contributed by atoms with Crippen LogP contribution in [0.15, 0.2) is 53.4 Å². The quantitative estimate of drug-likeness (QED) is 0.725. The van der Waals surface area contributed by atoms with Gasteiger partial charge in [-0.2, -0.15) is 0 Å². The van der Waals surface area contributed by atoms with Crippen molar-refractivity contribution in [1.82, 2.24) is 10.0 Å². The average Bonchev–Trinajstić information content (AvgIpc) is 3.39. The predicted octanol–water partition coefficient (Wildman–Crippen LogP) is 3.51. The van der Waals surface area contributed by atoms with Gasteiger partial charge in [0.05, 0.1) is 0 Å². The fourth-order valence-corrected chi connectivity index (χ4v) is 5.51. The molecule has 1 amide bonds. The van der Waals surface area contributed by atoms with Gasteiger partial charge >= 0.3 is 0 Å². The zero-order chi connectivity index (χ0) is 20.5. The van der Waals surface area contributed by atoms with E-state index < -0.39 is 26.6 Å². The predicted molar refractivity (Wildman–Crippen MR) is 109 cm³/mol. The summed E-state index contributed by atoms with van der Waals surface area (Å²) in [6.45, 7) is 0.468. The van der Waals surface area contributed by atoms with E-state index in [0.29, 0.717) is 6.54 Å². The van der Waals surface area contributed by atoms with Crippen molar-refractivity contribution in [2.45, 2.75) is 54.9 Å². The summed E-state index contributed by atoms with van der Waals surface area (Å²) < 4.78 is 41.4. The maximum absolute atomic E-state index is 14.2. The van der Waals surface area contributed by atoms with Crippen LogP contribution in [-0.2, 0) is 15.4 Å². The molecule has 5 nitrogen and oxygen atoms in total. The van der Waals surface area contributed by atoms with Crippen LogP contribution in [0.1, 0.15) is 54.4 Å². The van der Waals surface area contributed by atoms with E-state index in [1.165, 1.54) is 11.6 Å². The van der Waals surface area contributed by atoms with Crippen molar-refractivity contribution in [2.75, 3.05) is 6.54 Å². The van der Waals surface area contributed by atoms with Crippen LogP contribution in [-0.4, -0.2) is 26.9 Å². The molecular formula is C22H25FN2O3S. The average molecular weight is 417 g/mol. The van der Waals surface area contributed by atoms with Crippen molar-refractivity contribution < 1.29 is 17.6 Å². The highest BCUT2D eigenvalue weighted by atomic mass is 32.2. The molecule has 0 atom stereocenters. The number of sulfonamides is 1. The molecule has 0 radical (unpaired) electrons. The molecule has 0 aromatic heterocycles. The van der Waals surface area contributed by atoms with E-state index in [1.54, 1.807) is 0 Å². The second-order valence-electron chi connectivity index (χ2n) is 8.08. The first-order valence-corrected chi connectivity index (χ1v) is 11.5. The van der Waals surface area contributed by atoms with Gasteiger partial charge in [-0.25, -0.2) is 17.5 Å². The largest absolute Gasteiger partial charge is 0.351 e. The van der Waals surface area contributed by atoms with Crippen LogP contribution in [0.2, 0.25) is 0 Å². The summed E-state index contributed by atoms with van der Waals surface area (Å²) in [6, 6.07) is 13.5. The Kier molecular flexibility index (Phi) is 5.44. The Hall–Kier alpha value is -2.25. The van der Waals surface area contributed by atoms with Crippen molar-refractivity contribution in [3.8, 4) is 0 Å². The number of carbonyl (C=O) groups is 1. The van der Waals surface area contributed by atoms with Gasteiger partial charge in [-0.3, -0.25) is 4.79 Å². The van der Waals surface area contributed by atoms with Crippen molar-refractivity contribution in [2.24, 2.45) is 0 Å². The lowest BCUT2D eigenvalue weighted by Gasteiger charge is -2.30. The Bertz CT molecular complexity index is 998. The van der Waals surface area contributed by atoms with E-state index in [9.17, 15) is 17.6 Å². The SMILES string of the molecule is O=C(NCC1(c2ccccc2)CCCC1)c1ccc(F)c(S(=O)(=O)NC2CC2)c1.